The van der Waals surface area contributed by atoms with Gasteiger partial charge >= 0.3 is 0 Å². The van der Waals surface area contributed by atoms with Crippen molar-refractivity contribution in [1.29, 1.82) is 0 Å². The van der Waals surface area contributed by atoms with E-state index in [2.05, 4.69) is 11.1 Å². The number of allylic oxidation sites excluding steroid dienone is 1. The van der Waals surface area contributed by atoms with Gasteiger partial charge in [-0.25, -0.2) is 4.99 Å². The highest BCUT2D eigenvalue weighted by Gasteiger charge is 2.36. The first-order valence-electron chi connectivity index (χ1n) is 14.6. The first-order chi connectivity index (χ1) is 21.4. The average Bonchev–Trinajstić information content (AvgIpc) is 3.57. The van der Waals surface area contributed by atoms with Gasteiger partial charge in [-0.15, -0.1) is 0 Å². The van der Waals surface area contributed by atoms with E-state index >= 15 is 0 Å². The van der Waals surface area contributed by atoms with Crippen LogP contribution in [0.25, 0.3) is 28.2 Å². The van der Waals surface area contributed by atoms with E-state index < -0.39 is 6.04 Å². The molecule has 2 aromatic heterocycles. The van der Waals surface area contributed by atoms with Gasteiger partial charge in [0.05, 0.1) is 35.7 Å². The molecule has 5 aromatic rings. The number of rotatable bonds is 8. The lowest BCUT2D eigenvalue weighted by Crippen LogP contribution is -2.43. The second-order valence-corrected chi connectivity index (χ2v) is 11.5. The number of benzene rings is 3. The van der Waals surface area contributed by atoms with Gasteiger partial charge in [-0.3, -0.25) is 14.2 Å². The molecule has 0 aliphatic carbocycles. The number of carbonyl (C=O) groups is 1. The van der Waals surface area contributed by atoms with Gasteiger partial charge < -0.3 is 19.4 Å². The van der Waals surface area contributed by atoms with Gasteiger partial charge in [0, 0.05) is 35.1 Å². The average molecular weight is 607 g/mol. The summed E-state index contributed by atoms with van der Waals surface area (Å²) in [4.78, 5) is 39.2. The number of amides is 1. The zero-order valence-corrected chi connectivity index (χ0v) is 26.2. The van der Waals surface area contributed by atoms with Crippen LogP contribution in [0.4, 0.5) is 0 Å². The Balaban J connectivity index is 1.64. The molecule has 1 atom stereocenters. The fourth-order valence-electron chi connectivity index (χ4n) is 5.90. The molecule has 0 fully saturated rings. The number of hydrogen-bond donors (Lipinski definition) is 1. The van der Waals surface area contributed by atoms with Gasteiger partial charge in [-0.2, -0.15) is 0 Å². The summed E-state index contributed by atoms with van der Waals surface area (Å²) in [5.74, 6) is 0.981. The number of nitrogens with zero attached hydrogens (tertiary/aromatic N) is 3. The number of H-pyrrole nitrogens is 1. The van der Waals surface area contributed by atoms with Crippen LogP contribution in [0.5, 0.6) is 11.5 Å². The molecule has 0 spiro atoms. The van der Waals surface area contributed by atoms with E-state index in [0.29, 0.717) is 50.8 Å². The smallest absolute Gasteiger partial charge is 0.271 e. The lowest BCUT2D eigenvalue weighted by Gasteiger charge is -2.30. The molecule has 1 aliphatic rings. The van der Waals surface area contributed by atoms with Crippen LogP contribution in [0.1, 0.15) is 37.9 Å². The molecule has 0 saturated heterocycles. The third kappa shape index (κ3) is 4.93. The summed E-state index contributed by atoms with van der Waals surface area (Å²) < 4.78 is 13.5. The Hall–Kier alpha value is -4.89. The number of carbonyl (C=O) groups excluding carboxylic acids is 1. The zero-order valence-electron chi connectivity index (χ0n) is 25.4. The van der Waals surface area contributed by atoms with E-state index in [1.165, 1.54) is 11.3 Å². The summed E-state index contributed by atoms with van der Waals surface area (Å²) in [6.45, 7) is 6.78. The van der Waals surface area contributed by atoms with E-state index in [-0.39, 0.29) is 11.5 Å². The van der Waals surface area contributed by atoms with Crippen molar-refractivity contribution in [2.24, 2.45) is 4.99 Å². The Bertz CT molecular complexity index is 2080. The van der Waals surface area contributed by atoms with E-state index in [1.807, 2.05) is 81.4 Å². The van der Waals surface area contributed by atoms with Gasteiger partial charge in [-0.1, -0.05) is 59.9 Å². The van der Waals surface area contributed by atoms with Gasteiger partial charge in [0.1, 0.15) is 17.5 Å². The minimum atomic E-state index is -0.761. The van der Waals surface area contributed by atoms with E-state index in [9.17, 15) is 9.59 Å². The second kappa shape index (κ2) is 12.0. The van der Waals surface area contributed by atoms with Gasteiger partial charge in [-0.05, 0) is 56.7 Å². The van der Waals surface area contributed by atoms with Crippen molar-refractivity contribution in [3.8, 4) is 22.8 Å². The number of aromatic nitrogens is 2. The Morgan fingerprint density at radius 2 is 1.75 bits per heavy atom. The molecule has 3 heterocycles. The van der Waals surface area contributed by atoms with E-state index in [0.717, 1.165) is 27.7 Å². The Labute approximate surface area is 259 Å². The fraction of sp³-hybridized carbons (Fsp3) is 0.229. The number of methoxy groups -OCH3 is 2. The van der Waals surface area contributed by atoms with Crippen molar-refractivity contribution < 1.29 is 14.3 Å². The maximum absolute atomic E-state index is 14.5. The van der Waals surface area contributed by atoms with Crippen molar-refractivity contribution in [2.45, 2.75) is 26.8 Å². The molecule has 44 heavy (non-hydrogen) atoms. The van der Waals surface area contributed by atoms with Gasteiger partial charge in [0.25, 0.3) is 11.5 Å². The molecule has 0 unspecified atom stereocenters. The number of likely N-dealkylation sites (N-methyl/N-ethyl adjacent to an activating group) is 1. The number of hydrogen-bond acceptors (Lipinski definition) is 6. The molecule has 3 aromatic carbocycles. The molecule has 1 amide bonds. The molecule has 9 heteroatoms. The Morgan fingerprint density at radius 3 is 2.45 bits per heavy atom. The topological polar surface area (TPSA) is 88.9 Å². The lowest BCUT2D eigenvalue weighted by atomic mass is 9.93. The van der Waals surface area contributed by atoms with Crippen molar-refractivity contribution in [3.05, 3.63) is 115 Å². The minimum absolute atomic E-state index is 0.164. The lowest BCUT2D eigenvalue weighted by molar-refractivity contribution is -0.127. The molecule has 224 valence electrons. The summed E-state index contributed by atoms with van der Waals surface area (Å²) in [5, 5.41) is 1.01. The molecule has 1 aliphatic heterocycles. The van der Waals surface area contributed by atoms with Crippen LogP contribution in [0.15, 0.2) is 93.9 Å². The van der Waals surface area contributed by atoms with Crippen molar-refractivity contribution in [2.75, 3.05) is 27.3 Å². The number of para-hydroxylation sites is 1. The fourth-order valence-corrected chi connectivity index (χ4v) is 6.93. The number of nitrogens with one attached hydrogen (secondary N) is 1. The highest BCUT2D eigenvalue weighted by Crippen LogP contribution is 2.38. The monoisotopic (exact) mass is 606 g/mol. The molecular weight excluding hydrogens is 572 g/mol. The first kappa shape index (κ1) is 29.2. The minimum Gasteiger partial charge on any atom is -0.497 e. The van der Waals surface area contributed by atoms with Crippen LogP contribution in [0, 0.1) is 0 Å². The summed E-state index contributed by atoms with van der Waals surface area (Å²) in [6, 6.07) is 22.8. The standard InChI is InChI=1S/C35H34N4O4S/c1-6-38(7-2)34(41)30-21(3)36-35-39(32(30)26-19-23(42-4)17-18-28(26)43-5)33(40)29(44-35)20-25-24-15-11-12-16-27(24)37-31(25)22-13-9-8-10-14-22/h8-20,32,37H,6-7H2,1-5H3/b29-20+/t32-/m0/s1. The quantitative estimate of drug-likeness (QED) is 0.261. The summed E-state index contributed by atoms with van der Waals surface area (Å²) in [7, 11) is 3.17. The van der Waals surface area contributed by atoms with E-state index in [4.69, 9.17) is 14.5 Å². The van der Waals surface area contributed by atoms with Crippen LogP contribution in [0.2, 0.25) is 0 Å². The second-order valence-electron chi connectivity index (χ2n) is 10.5. The van der Waals surface area contributed by atoms with Crippen LogP contribution in [-0.4, -0.2) is 47.7 Å². The highest BCUT2D eigenvalue weighted by atomic mass is 32.1. The first-order valence-corrected chi connectivity index (χ1v) is 15.4. The number of ether oxygens (including phenoxy) is 2. The predicted molar refractivity (Wildman–Crippen MR) is 175 cm³/mol. The SMILES string of the molecule is CCN(CC)C(=O)C1=C(C)N=c2s/c(=C/c3c(-c4ccccc4)[nH]c4ccccc34)c(=O)n2[C@H]1c1cc(OC)ccc1OC. The predicted octanol–water partition coefficient (Wildman–Crippen LogP) is 5.27. The zero-order chi connectivity index (χ0) is 31.0. The molecule has 0 radical (unpaired) electrons. The third-order valence-electron chi connectivity index (χ3n) is 8.12. The summed E-state index contributed by atoms with van der Waals surface area (Å²) >= 11 is 1.32. The van der Waals surface area contributed by atoms with Crippen LogP contribution in [0.3, 0.4) is 0 Å². The maximum atomic E-state index is 14.5. The normalized spacial score (nSPS) is 14.8. The Kier molecular flexibility index (Phi) is 7.97. The van der Waals surface area contributed by atoms with E-state index in [1.54, 1.807) is 35.8 Å². The van der Waals surface area contributed by atoms with Crippen molar-refractivity contribution in [3.63, 3.8) is 0 Å². The van der Waals surface area contributed by atoms with Crippen LogP contribution in [-0.2, 0) is 4.79 Å². The third-order valence-corrected chi connectivity index (χ3v) is 9.10. The number of thiazole rings is 1. The molecule has 0 saturated carbocycles. The largest absolute Gasteiger partial charge is 0.497 e. The summed E-state index contributed by atoms with van der Waals surface area (Å²) in [5.41, 5.74) is 5.28. The molecule has 6 rings (SSSR count). The number of aromatic amines is 1. The highest BCUT2D eigenvalue weighted by molar-refractivity contribution is 7.07. The van der Waals surface area contributed by atoms with Gasteiger partial charge in [0.2, 0.25) is 0 Å². The van der Waals surface area contributed by atoms with Crippen molar-refractivity contribution in [1.82, 2.24) is 14.5 Å². The van der Waals surface area contributed by atoms with Gasteiger partial charge in [0.15, 0.2) is 4.80 Å². The molecule has 1 N–H and O–H groups in total. The molecular formula is C35H34N4O4S. The number of fused-ring (bicyclic) bond motifs is 2. The molecule has 0 bridgehead atoms. The molecule has 8 nitrogen and oxygen atoms in total. The van der Waals surface area contributed by atoms with Crippen molar-refractivity contribution >= 4 is 34.2 Å². The van der Waals surface area contributed by atoms with Crippen LogP contribution >= 0.6 is 11.3 Å². The summed E-state index contributed by atoms with van der Waals surface area (Å²) in [6.07, 6.45) is 1.94. The maximum Gasteiger partial charge on any atom is 0.271 e. The van der Waals surface area contributed by atoms with Crippen LogP contribution < -0.4 is 24.4 Å². The Morgan fingerprint density at radius 1 is 1.02 bits per heavy atom.